The van der Waals surface area contributed by atoms with Crippen molar-refractivity contribution in [3.63, 3.8) is 0 Å². The van der Waals surface area contributed by atoms with Gasteiger partial charge in [-0.25, -0.2) is 9.78 Å². The quantitative estimate of drug-likeness (QED) is 0.501. The van der Waals surface area contributed by atoms with Gasteiger partial charge in [0.15, 0.2) is 0 Å². The molecule has 0 bridgehead atoms. The van der Waals surface area contributed by atoms with Gasteiger partial charge in [0.05, 0.1) is 5.56 Å². The number of hydrogen-bond donors (Lipinski definition) is 2. The number of carbonyl (C=O) groups is 2. The monoisotopic (exact) mass is 473 g/mol. The number of pyridine rings is 2. The van der Waals surface area contributed by atoms with Crippen molar-refractivity contribution in [1.29, 1.82) is 0 Å². The molecule has 4 rings (SSSR count). The molecule has 1 fully saturated rings. The third kappa shape index (κ3) is 6.15. The standard InChI is InChI=1S/C27H31N5O3/c1-19-12-16-31(17-13-19)25-24(11-6-20(2)29-25)26(33)30-22-7-9-23(10-8-22)32(27(34)35)18-14-21-5-3-4-15-28-21/h3-11,15,19H,12-14,16-18H2,1-2H3,(H,30,33)(H,34,35). The van der Waals surface area contributed by atoms with E-state index in [0.29, 0.717) is 29.3 Å². The van der Waals surface area contributed by atoms with E-state index < -0.39 is 6.09 Å². The van der Waals surface area contributed by atoms with E-state index in [1.54, 1.807) is 30.5 Å². The number of anilines is 3. The van der Waals surface area contributed by atoms with Crippen LogP contribution in [0.15, 0.2) is 60.8 Å². The Labute approximate surface area is 205 Å². The average Bonchev–Trinajstić information content (AvgIpc) is 2.86. The minimum Gasteiger partial charge on any atom is -0.465 e. The van der Waals surface area contributed by atoms with Crippen LogP contribution in [0.1, 0.15) is 41.5 Å². The summed E-state index contributed by atoms with van der Waals surface area (Å²) in [5.74, 6) is 1.17. The minimum absolute atomic E-state index is 0.232. The van der Waals surface area contributed by atoms with Crippen molar-refractivity contribution in [2.24, 2.45) is 5.92 Å². The molecule has 2 amide bonds. The number of carboxylic acid groups (broad SMARTS) is 1. The number of nitrogens with zero attached hydrogens (tertiary/aromatic N) is 4. The second kappa shape index (κ2) is 11.0. The van der Waals surface area contributed by atoms with Crippen LogP contribution < -0.4 is 15.1 Å². The molecule has 8 heteroatoms. The summed E-state index contributed by atoms with van der Waals surface area (Å²) in [7, 11) is 0. The molecule has 0 spiro atoms. The molecule has 1 saturated heterocycles. The van der Waals surface area contributed by atoms with E-state index in [1.807, 2.05) is 37.3 Å². The maximum absolute atomic E-state index is 13.2. The van der Waals surface area contributed by atoms with Gasteiger partial charge in [-0.3, -0.25) is 14.7 Å². The Bertz CT molecular complexity index is 1160. The van der Waals surface area contributed by atoms with Crippen molar-refractivity contribution in [2.45, 2.75) is 33.1 Å². The number of carbonyl (C=O) groups excluding carboxylic acids is 1. The highest BCUT2D eigenvalue weighted by atomic mass is 16.4. The first-order valence-electron chi connectivity index (χ1n) is 11.9. The second-order valence-corrected chi connectivity index (χ2v) is 9.00. The molecule has 0 aliphatic carbocycles. The molecule has 3 heterocycles. The highest BCUT2D eigenvalue weighted by Gasteiger charge is 2.23. The first kappa shape index (κ1) is 24.2. The summed E-state index contributed by atoms with van der Waals surface area (Å²) in [5.41, 5.74) is 3.36. The van der Waals surface area contributed by atoms with Crippen LogP contribution in [-0.2, 0) is 6.42 Å². The molecular formula is C27H31N5O3. The largest absolute Gasteiger partial charge is 0.465 e. The maximum Gasteiger partial charge on any atom is 0.411 e. The lowest BCUT2D eigenvalue weighted by molar-refractivity contribution is 0.102. The molecule has 0 unspecified atom stereocenters. The van der Waals surface area contributed by atoms with Gasteiger partial charge in [-0.1, -0.05) is 13.0 Å². The van der Waals surface area contributed by atoms with Gasteiger partial charge in [0.2, 0.25) is 0 Å². The van der Waals surface area contributed by atoms with E-state index >= 15 is 0 Å². The smallest absolute Gasteiger partial charge is 0.411 e. The molecule has 8 nitrogen and oxygen atoms in total. The summed E-state index contributed by atoms with van der Waals surface area (Å²) < 4.78 is 0. The minimum atomic E-state index is -1.04. The molecule has 182 valence electrons. The fourth-order valence-electron chi connectivity index (χ4n) is 4.21. The average molecular weight is 474 g/mol. The molecule has 1 aliphatic rings. The summed E-state index contributed by atoms with van der Waals surface area (Å²) in [6, 6.07) is 16.1. The lowest BCUT2D eigenvalue weighted by Gasteiger charge is -2.32. The van der Waals surface area contributed by atoms with Gasteiger partial charge < -0.3 is 15.3 Å². The molecule has 0 radical (unpaired) electrons. The van der Waals surface area contributed by atoms with Gasteiger partial charge in [0.1, 0.15) is 5.82 Å². The van der Waals surface area contributed by atoms with Crippen molar-refractivity contribution in [2.75, 3.05) is 34.8 Å². The van der Waals surface area contributed by atoms with Crippen molar-refractivity contribution in [3.05, 3.63) is 77.7 Å². The van der Waals surface area contributed by atoms with Gasteiger partial charge in [0, 0.05) is 55.0 Å². The molecule has 0 atom stereocenters. The van der Waals surface area contributed by atoms with Crippen LogP contribution in [0.4, 0.5) is 22.0 Å². The normalized spacial score (nSPS) is 13.9. The van der Waals surface area contributed by atoms with E-state index in [9.17, 15) is 14.7 Å². The van der Waals surface area contributed by atoms with Crippen LogP contribution in [0.3, 0.4) is 0 Å². The Morgan fingerprint density at radius 3 is 2.49 bits per heavy atom. The molecular weight excluding hydrogens is 442 g/mol. The van der Waals surface area contributed by atoms with Crippen molar-refractivity contribution < 1.29 is 14.7 Å². The van der Waals surface area contributed by atoms with Crippen LogP contribution in [0.5, 0.6) is 0 Å². The summed E-state index contributed by atoms with van der Waals surface area (Å²) in [4.78, 5) is 37.4. The fourth-order valence-corrected chi connectivity index (χ4v) is 4.21. The lowest BCUT2D eigenvalue weighted by Crippen LogP contribution is -2.35. The topological polar surface area (TPSA) is 98.7 Å². The van der Waals surface area contributed by atoms with Gasteiger partial charge in [-0.05, 0) is 74.2 Å². The molecule has 35 heavy (non-hydrogen) atoms. The predicted octanol–water partition coefficient (Wildman–Crippen LogP) is 5.00. The number of nitrogens with one attached hydrogen (secondary N) is 1. The van der Waals surface area contributed by atoms with Crippen LogP contribution in [0.25, 0.3) is 0 Å². The number of piperidine rings is 1. The van der Waals surface area contributed by atoms with E-state index in [0.717, 1.165) is 43.1 Å². The predicted molar refractivity (Wildman–Crippen MR) is 137 cm³/mol. The van der Waals surface area contributed by atoms with Crippen LogP contribution in [0.2, 0.25) is 0 Å². The van der Waals surface area contributed by atoms with Gasteiger partial charge in [0.25, 0.3) is 5.91 Å². The number of aryl methyl sites for hydroxylation is 1. The zero-order valence-corrected chi connectivity index (χ0v) is 20.1. The highest BCUT2D eigenvalue weighted by molar-refractivity contribution is 6.07. The summed E-state index contributed by atoms with van der Waals surface area (Å²) in [6.45, 7) is 6.23. The van der Waals surface area contributed by atoms with Gasteiger partial charge >= 0.3 is 6.09 Å². The Hall–Kier alpha value is -3.94. The molecule has 1 aliphatic heterocycles. The van der Waals surface area contributed by atoms with Crippen molar-refractivity contribution in [3.8, 4) is 0 Å². The summed E-state index contributed by atoms with van der Waals surface area (Å²) in [6.07, 6.45) is 3.32. The van der Waals surface area contributed by atoms with Crippen molar-refractivity contribution in [1.82, 2.24) is 9.97 Å². The Balaban J connectivity index is 1.45. The number of amides is 2. The third-order valence-corrected chi connectivity index (χ3v) is 6.33. The maximum atomic E-state index is 13.2. The SMILES string of the molecule is Cc1ccc(C(=O)Nc2ccc(N(CCc3ccccn3)C(=O)O)cc2)c(N2CCC(C)CC2)n1. The number of benzene rings is 1. The molecule has 1 aromatic carbocycles. The Kier molecular flexibility index (Phi) is 7.60. The number of hydrogen-bond acceptors (Lipinski definition) is 5. The molecule has 3 aromatic rings. The summed E-state index contributed by atoms with van der Waals surface area (Å²) >= 11 is 0. The summed E-state index contributed by atoms with van der Waals surface area (Å²) in [5, 5.41) is 12.6. The second-order valence-electron chi connectivity index (χ2n) is 9.00. The van der Waals surface area contributed by atoms with Gasteiger partial charge in [-0.2, -0.15) is 0 Å². The van der Waals surface area contributed by atoms with E-state index in [-0.39, 0.29) is 12.5 Å². The Morgan fingerprint density at radius 2 is 1.83 bits per heavy atom. The first-order chi connectivity index (χ1) is 16.9. The zero-order chi connectivity index (χ0) is 24.8. The first-order valence-corrected chi connectivity index (χ1v) is 11.9. The molecule has 0 saturated carbocycles. The van der Waals surface area contributed by atoms with Crippen LogP contribution in [0, 0.1) is 12.8 Å². The van der Waals surface area contributed by atoms with E-state index in [4.69, 9.17) is 0 Å². The fraction of sp³-hybridized carbons (Fsp3) is 0.333. The molecule has 2 aromatic heterocycles. The number of aromatic nitrogens is 2. The Morgan fingerprint density at radius 1 is 1.09 bits per heavy atom. The van der Waals surface area contributed by atoms with Gasteiger partial charge in [-0.15, -0.1) is 0 Å². The van der Waals surface area contributed by atoms with E-state index in [2.05, 4.69) is 27.1 Å². The third-order valence-electron chi connectivity index (χ3n) is 6.33. The van der Waals surface area contributed by atoms with Crippen molar-refractivity contribution >= 4 is 29.2 Å². The zero-order valence-electron chi connectivity index (χ0n) is 20.1. The van der Waals surface area contributed by atoms with Crippen LogP contribution >= 0.6 is 0 Å². The number of rotatable bonds is 7. The lowest BCUT2D eigenvalue weighted by atomic mass is 9.99. The van der Waals surface area contributed by atoms with Crippen LogP contribution in [-0.4, -0.2) is 46.7 Å². The van der Waals surface area contributed by atoms with E-state index in [1.165, 1.54) is 4.90 Å². The highest BCUT2D eigenvalue weighted by Crippen LogP contribution is 2.26. The molecule has 2 N–H and O–H groups in total.